The quantitative estimate of drug-likeness (QED) is 0.333. The number of carbonyl (C=O) groups is 3. The number of Topliss-reactive ketones (excluding diaryl/α,β-unsaturated/α-hetero) is 2. The number of aryl methyl sites for hydroxylation is 1. The fourth-order valence-corrected chi connectivity index (χ4v) is 4.06. The Morgan fingerprint density at radius 3 is 2.55 bits per heavy atom. The molecule has 2 aromatic rings. The lowest BCUT2D eigenvalue weighted by Crippen LogP contribution is -2.33. The first-order valence-electron chi connectivity index (χ1n) is 10.3. The highest BCUT2D eigenvalue weighted by molar-refractivity contribution is 6.44. The highest BCUT2D eigenvalue weighted by Crippen LogP contribution is 2.39. The van der Waals surface area contributed by atoms with Crippen LogP contribution in [0.1, 0.15) is 41.3 Å². The monoisotopic (exact) mass is 446 g/mol. The van der Waals surface area contributed by atoms with E-state index in [1.807, 2.05) is 25.9 Å². The van der Waals surface area contributed by atoms with Crippen LogP contribution in [-0.2, 0) is 9.59 Å². The summed E-state index contributed by atoms with van der Waals surface area (Å²) in [5.41, 5.74) is 0.253. The Morgan fingerprint density at radius 2 is 1.97 bits per heavy atom. The number of nitrogens with zero attached hydrogens (tertiary/aromatic N) is 2. The minimum Gasteiger partial charge on any atom is -0.492 e. The lowest BCUT2D eigenvalue weighted by molar-refractivity contribution is -0.140. The summed E-state index contributed by atoms with van der Waals surface area (Å²) in [7, 11) is 3.87. The van der Waals surface area contributed by atoms with Gasteiger partial charge in [0, 0.05) is 12.1 Å². The van der Waals surface area contributed by atoms with E-state index in [0.717, 1.165) is 6.54 Å². The molecule has 0 N–H and O–H groups in total. The van der Waals surface area contributed by atoms with Crippen LogP contribution in [-0.4, -0.2) is 61.1 Å². The first-order chi connectivity index (χ1) is 14.7. The van der Waals surface area contributed by atoms with Crippen LogP contribution in [0.25, 0.3) is 0 Å². The molecule has 2 heterocycles. The van der Waals surface area contributed by atoms with Gasteiger partial charge in [-0.15, -0.1) is 0 Å². The molecule has 166 valence electrons. The molecule has 31 heavy (non-hydrogen) atoms. The Bertz CT molecular complexity index is 984. The lowest BCUT2D eigenvalue weighted by atomic mass is 9.88. The average Bonchev–Trinajstić information content (AvgIpc) is 3.25. The number of halogens is 1. The number of ketones is 2. The molecule has 1 aliphatic rings. The van der Waals surface area contributed by atoms with Gasteiger partial charge in [-0.25, -0.2) is 0 Å². The van der Waals surface area contributed by atoms with Crippen LogP contribution >= 0.6 is 11.6 Å². The average molecular weight is 447 g/mol. The van der Waals surface area contributed by atoms with E-state index in [2.05, 4.69) is 0 Å². The van der Waals surface area contributed by atoms with Crippen LogP contribution in [0.5, 0.6) is 5.75 Å². The molecule has 7 nitrogen and oxygen atoms in total. The Balaban J connectivity index is 1.96. The summed E-state index contributed by atoms with van der Waals surface area (Å²) in [5, 5.41) is 0.276. The second-order valence-electron chi connectivity index (χ2n) is 7.83. The van der Waals surface area contributed by atoms with Gasteiger partial charge in [0.05, 0.1) is 11.6 Å². The van der Waals surface area contributed by atoms with Crippen molar-refractivity contribution in [3.05, 3.63) is 52.4 Å². The third-order valence-electron chi connectivity index (χ3n) is 5.26. The second-order valence-corrected chi connectivity index (χ2v) is 8.24. The number of likely N-dealkylation sites (tertiary alicyclic amines) is 1. The molecule has 1 fully saturated rings. The van der Waals surface area contributed by atoms with Crippen molar-refractivity contribution in [3.63, 3.8) is 0 Å². The molecule has 8 heteroatoms. The smallest absolute Gasteiger partial charge is 0.291 e. The van der Waals surface area contributed by atoms with Crippen molar-refractivity contribution in [2.75, 3.05) is 33.8 Å². The van der Waals surface area contributed by atoms with Gasteiger partial charge in [0.15, 0.2) is 5.78 Å². The molecule has 0 aliphatic carbocycles. The Kier molecular flexibility index (Phi) is 7.18. The number of hydrogen-bond acceptors (Lipinski definition) is 6. The van der Waals surface area contributed by atoms with Gasteiger partial charge in [0.1, 0.15) is 29.2 Å². The van der Waals surface area contributed by atoms with Crippen molar-refractivity contribution in [1.82, 2.24) is 9.80 Å². The van der Waals surface area contributed by atoms with Crippen molar-refractivity contribution in [3.8, 4) is 5.75 Å². The molecule has 1 aromatic carbocycles. The third kappa shape index (κ3) is 4.83. The SMILES string of the molecule is CCOc1ccc(C(=O)C2C(=O)C(=O)N(CCCN(C)C)C2c2ccc(C)o2)cc1Cl. The summed E-state index contributed by atoms with van der Waals surface area (Å²) in [6, 6.07) is 7.34. The van der Waals surface area contributed by atoms with Crippen molar-refractivity contribution >= 4 is 29.1 Å². The van der Waals surface area contributed by atoms with Gasteiger partial charge < -0.3 is 19.0 Å². The second kappa shape index (κ2) is 9.66. The summed E-state index contributed by atoms with van der Waals surface area (Å²) in [6.45, 7) is 5.14. The third-order valence-corrected chi connectivity index (χ3v) is 5.56. The minimum atomic E-state index is -1.19. The van der Waals surface area contributed by atoms with E-state index >= 15 is 0 Å². The zero-order chi connectivity index (χ0) is 22.7. The van der Waals surface area contributed by atoms with Gasteiger partial charge in [-0.1, -0.05) is 11.6 Å². The van der Waals surface area contributed by atoms with E-state index in [0.29, 0.717) is 36.8 Å². The normalized spacial score (nSPS) is 18.8. The molecule has 0 radical (unpaired) electrons. The van der Waals surface area contributed by atoms with E-state index in [9.17, 15) is 14.4 Å². The number of ether oxygens (including phenoxy) is 1. The van der Waals surface area contributed by atoms with Crippen molar-refractivity contribution < 1.29 is 23.5 Å². The first-order valence-corrected chi connectivity index (χ1v) is 10.6. The molecule has 0 bridgehead atoms. The maximum atomic E-state index is 13.4. The summed E-state index contributed by atoms with van der Waals surface area (Å²) in [6.07, 6.45) is 0.665. The molecule has 1 amide bonds. The molecule has 1 aliphatic heterocycles. The Hall–Kier alpha value is -2.64. The van der Waals surface area contributed by atoms with Crippen molar-refractivity contribution in [2.45, 2.75) is 26.3 Å². The zero-order valence-corrected chi connectivity index (χ0v) is 18.9. The van der Waals surface area contributed by atoms with Gasteiger partial charge >= 0.3 is 0 Å². The number of amides is 1. The molecule has 2 atom stereocenters. The maximum Gasteiger partial charge on any atom is 0.291 e. The van der Waals surface area contributed by atoms with Crippen LogP contribution in [0, 0.1) is 12.8 Å². The molecule has 0 spiro atoms. The van der Waals surface area contributed by atoms with Gasteiger partial charge in [-0.2, -0.15) is 0 Å². The Labute approximate surface area is 186 Å². The lowest BCUT2D eigenvalue weighted by Gasteiger charge is -2.25. The summed E-state index contributed by atoms with van der Waals surface area (Å²) in [5.74, 6) is -1.50. The van der Waals surface area contributed by atoms with Crippen LogP contribution in [0.2, 0.25) is 5.02 Å². The molecule has 1 aromatic heterocycles. The molecular formula is C23H27ClN2O5. The topological polar surface area (TPSA) is 80.1 Å². The number of furan rings is 1. The number of hydrogen-bond donors (Lipinski definition) is 0. The van der Waals surface area contributed by atoms with Gasteiger partial charge in [-0.05, 0) is 71.2 Å². The molecule has 3 rings (SSSR count). The maximum absolute atomic E-state index is 13.4. The van der Waals surface area contributed by atoms with E-state index in [4.69, 9.17) is 20.8 Å². The highest BCUT2D eigenvalue weighted by atomic mass is 35.5. The number of benzene rings is 1. The predicted molar refractivity (Wildman–Crippen MR) is 117 cm³/mol. The van der Waals surface area contributed by atoms with E-state index < -0.39 is 29.4 Å². The summed E-state index contributed by atoms with van der Waals surface area (Å²) >= 11 is 6.24. The van der Waals surface area contributed by atoms with E-state index in [-0.39, 0.29) is 10.6 Å². The van der Waals surface area contributed by atoms with Crippen LogP contribution in [0.15, 0.2) is 34.7 Å². The van der Waals surface area contributed by atoms with Crippen LogP contribution in [0.3, 0.4) is 0 Å². The van der Waals surface area contributed by atoms with Crippen LogP contribution in [0.4, 0.5) is 0 Å². The molecule has 2 unspecified atom stereocenters. The number of carbonyl (C=O) groups excluding carboxylic acids is 3. The Morgan fingerprint density at radius 1 is 1.23 bits per heavy atom. The largest absolute Gasteiger partial charge is 0.492 e. The highest BCUT2D eigenvalue weighted by Gasteiger charge is 2.52. The number of rotatable bonds is 9. The molecular weight excluding hydrogens is 420 g/mol. The van der Waals surface area contributed by atoms with Gasteiger partial charge in [0.25, 0.3) is 5.91 Å². The fraction of sp³-hybridized carbons (Fsp3) is 0.435. The standard InChI is InChI=1S/C23H27ClN2O5/c1-5-30-17-10-8-15(13-16(17)24)21(27)19-20(18-9-7-14(2)31-18)26(23(29)22(19)28)12-6-11-25(3)4/h7-10,13,19-20H,5-6,11-12H2,1-4H3. The molecule has 1 saturated heterocycles. The summed E-state index contributed by atoms with van der Waals surface area (Å²) in [4.78, 5) is 42.7. The van der Waals surface area contributed by atoms with E-state index in [1.54, 1.807) is 31.2 Å². The van der Waals surface area contributed by atoms with Crippen molar-refractivity contribution in [2.24, 2.45) is 5.92 Å². The van der Waals surface area contributed by atoms with Gasteiger partial charge in [-0.3, -0.25) is 14.4 Å². The first kappa shape index (κ1) is 23.0. The van der Waals surface area contributed by atoms with Crippen molar-refractivity contribution in [1.29, 1.82) is 0 Å². The molecule has 0 saturated carbocycles. The summed E-state index contributed by atoms with van der Waals surface area (Å²) < 4.78 is 11.2. The van der Waals surface area contributed by atoms with Gasteiger partial charge in [0.2, 0.25) is 5.78 Å². The minimum absolute atomic E-state index is 0.253. The predicted octanol–water partition coefficient (Wildman–Crippen LogP) is 3.54. The zero-order valence-electron chi connectivity index (χ0n) is 18.2. The fourth-order valence-electron chi connectivity index (χ4n) is 3.82. The van der Waals surface area contributed by atoms with Crippen LogP contribution < -0.4 is 4.74 Å². The van der Waals surface area contributed by atoms with E-state index in [1.165, 1.54) is 11.0 Å².